The lowest BCUT2D eigenvalue weighted by molar-refractivity contribution is 0.0451. The molecule has 0 aliphatic heterocycles. The summed E-state index contributed by atoms with van der Waals surface area (Å²) in [7, 11) is 0. The Bertz CT molecular complexity index is 306. The van der Waals surface area contributed by atoms with Crippen LogP contribution in [0.25, 0.3) is 0 Å². The molecule has 0 spiro atoms. The first-order valence-electron chi connectivity index (χ1n) is 6.25. The van der Waals surface area contributed by atoms with Crippen molar-refractivity contribution in [3.8, 4) is 6.07 Å². The van der Waals surface area contributed by atoms with Crippen LogP contribution in [0.5, 0.6) is 0 Å². The van der Waals surface area contributed by atoms with Crippen LogP contribution < -0.4 is 5.32 Å². The van der Waals surface area contributed by atoms with Crippen molar-refractivity contribution in [2.24, 2.45) is 0 Å². The topological polar surface area (TPSA) is 62.1 Å². The van der Waals surface area contributed by atoms with Gasteiger partial charge in [-0.2, -0.15) is 5.26 Å². The summed E-state index contributed by atoms with van der Waals surface area (Å²) in [6.45, 7) is 5.55. The summed E-state index contributed by atoms with van der Waals surface area (Å²) in [4.78, 5) is 11.8. The van der Waals surface area contributed by atoms with E-state index in [2.05, 4.69) is 11.4 Å². The van der Waals surface area contributed by atoms with Crippen LogP contribution in [0.4, 0.5) is 4.79 Å². The maximum atomic E-state index is 11.8. The second kappa shape index (κ2) is 5.39. The van der Waals surface area contributed by atoms with Crippen LogP contribution in [-0.2, 0) is 4.74 Å². The fraction of sp³-hybridized carbons (Fsp3) is 0.846. The number of carbonyl (C=O) groups is 1. The fourth-order valence-corrected chi connectivity index (χ4v) is 2.30. The first-order valence-corrected chi connectivity index (χ1v) is 6.25. The molecule has 1 saturated carbocycles. The smallest absolute Gasteiger partial charge is 0.408 e. The third-order valence-corrected chi connectivity index (χ3v) is 3.04. The normalized spacial score (nSPS) is 18.5. The highest BCUT2D eigenvalue weighted by Crippen LogP contribution is 2.33. The fourth-order valence-electron chi connectivity index (χ4n) is 2.30. The van der Waals surface area contributed by atoms with E-state index in [4.69, 9.17) is 10.00 Å². The van der Waals surface area contributed by atoms with Crippen molar-refractivity contribution in [1.82, 2.24) is 5.32 Å². The minimum absolute atomic E-state index is 0.210. The number of nitrogens with zero attached hydrogens (tertiary/aromatic N) is 1. The number of hydrogen-bond donors (Lipinski definition) is 1. The molecule has 0 aromatic rings. The molecule has 0 saturated heterocycles. The second-order valence-corrected chi connectivity index (χ2v) is 5.77. The van der Waals surface area contributed by atoms with E-state index < -0.39 is 5.60 Å². The van der Waals surface area contributed by atoms with E-state index in [0.29, 0.717) is 6.42 Å². The lowest BCUT2D eigenvalue weighted by atomic mass is 9.92. The summed E-state index contributed by atoms with van der Waals surface area (Å²) in [5.74, 6) is 0. The van der Waals surface area contributed by atoms with Gasteiger partial charge in [-0.1, -0.05) is 12.8 Å². The Morgan fingerprint density at radius 2 is 2.00 bits per heavy atom. The van der Waals surface area contributed by atoms with Gasteiger partial charge in [-0.05, 0) is 40.0 Å². The quantitative estimate of drug-likeness (QED) is 0.821. The molecule has 1 fully saturated rings. The van der Waals surface area contributed by atoms with E-state index >= 15 is 0 Å². The van der Waals surface area contributed by atoms with Crippen molar-refractivity contribution >= 4 is 6.09 Å². The van der Waals surface area contributed by atoms with Crippen LogP contribution in [0.3, 0.4) is 0 Å². The number of ether oxygens (including phenoxy) is 1. The van der Waals surface area contributed by atoms with Crippen molar-refractivity contribution in [2.45, 2.75) is 70.4 Å². The van der Waals surface area contributed by atoms with Gasteiger partial charge in [0.1, 0.15) is 5.60 Å². The zero-order valence-electron chi connectivity index (χ0n) is 11.0. The number of amides is 1. The summed E-state index contributed by atoms with van der Waals surface area (Å²) < 4.78 is 5.27. The molecule has 1 aliphatic rings. The van der Waals surface area contributed by atoms with E-state index in [1.54, 1.807) is 0 Å². The average molecular weight is 238 g/mol. The first kappa shape index (κ1) is 13.8. The molecule has 0 aromatic heterocycles. The van der Waals surface area contributed by atoms with Gasteiger partial charge in [0, 0.05) is 12.0 Å². The number of carbonyl (C=O) groups excluding carboxylic acids is 1. The van der Waals surface area contributed by atoms with Crippen LogP contribution in [0.2, 0.25) is 0 Å². The third kappa shape index (κ3) is 4.64. The van der Waals surface area contributed by atoms with Gasteiger partial charge in [0.2, 0.25) is 0 Å². The van der Waals surface area contributed by atoms with Crippen molar-refractivity contribution in [3.63, 3.8) is 0 Å². The molecule has 0 heterocycles. The van der Waals surface area contributed by atoms with Crippen molar-refractivity contribution in [2.75, 3.05) is 0 Å². The van der Waals surface area contributed by atoms with Crippen LogP contribution in [0.1, 0.15) is 59.3 Å². The Hall–Kier alpha value is -1.24. The van der Waals surface area contributed by atoms with E-state index in [-0.39, 0.29) is 11.6 Å². The molecule has 17 heavy (non-hydrogen) atoms. The number of rotatable bonds is 3. The molecule has 1 N–H and O–H groups in total. The van der Waals surface area contributed by atoms with Crippen LogP contribution in [0.15, 0.2) is 0 Å². The van der Waals surface area contributed by atoms with Crippen molar-refractivity contribution in [3.05, 3.63) is 0 Å². The molecular formula is C13H22N2O2. The Morgan fingerprint density at radius 3 is 2.47 bits per heavy atom. The maximum Gasteiger partial charge on any atom is 0.408 e. The van der Waals surface area contributed by atoms with E-state index in [1.165, 1.54) is 0 Å². The standard InChI is InChI=1S/C13H22N2O2/c1-12(2,3)17-11(16)15-13(9-6-10-14)7-4-5-8-13/h4-9H2,1-3H3,(H,15,16). The Balaban J connectivity index is 2.55. The van der Waals surface area contributed by atoms with Crippen LogP contribution >= 0.6 is 0 Å². The Kier molecular flexibility index (Phi) is 4.39. The predicted molar refractivity (Wildman–Crippen MR) is 65.4 cm³/mol. The van der Waals surface area contributed by atoms with Crippen molar-refractivity contribution < 1.29 is 9.53 Å². The zero-order chi connectivity index (χ0) is 12.9. The number of nitriles is 1. The summed E-state index contributed by atoms with van der Waals surface area (Å²) in [6.07, 6.45) is 4.97. The third-order valence-electron chi connectivity index (χ3n) is 3.04. The van der Waals surface area contributed by atoms with E-state index in [9.17, 15) is 4.79 Å². The van der Waals surface area contributed by atoms with Crippen LogP contribution in [-0.4, -0.2) is 17.2 Å². The highest BCUT2D eigenvalue weighted by Gasteiger charge is 2.36. The van der Waals surface area contributed by atoms with Crippen LogP contribution in [0, 0.1) is 11.3 Å². The van der Waals surface area contributed by atoms with E-state index in [1.807, 2.05) is 20.8 Å². The second-order valence-electron chi connectivity index (χ2n) is 5.77. The summed E-state index contributed by atoms with van der Waals surface area (Å²) >= 11 is 0. The molecule has 1 aliphatic carbocycles. The maximum absolute atomic E-state index is 11.8. The Morgan fingerprint density at radius 1 is 1.41 bits per heavy atom. The van der Waals surface area contributed by atoms with Gasteiger partial charge in [0.25, 0.3) is 0 Å². The lowest BCUT2D eigenvalue weighted by Gasteiger charge is -2.31. The Labute approximate surface area is 103 Å². The van der Waals surface area contributed by atoms with E-state index in [0.717, 1.165) is 32.1 Å². The highest BCUT2D eigenvalue weighted by molar-refractivity contribution is 5.68. The molecular weight excluding hydrogens is 216 g/mol. The summed E-state index contributed by atoms with van der Waals surface area (Å²) in [6, 6.07) is 2.15. The van der Waals surface area contributed by atoms with Gasteiger partial charge in [0.15, 0.2) is 0 Å². The average Bonchev–Trinajstić information content (AvgIpc) is 2.60. The highest BCUT2D eigenvalue weighted by atomic mass is 16.6. The van der Waals surface area contributed by atoms with Gasteiger partial charge < -0.3 is 10.1 Å². The molecule has 4 heteroatoms. The minimum Gasteiger partial charge on any atom is -0.444 e. The number of nitrogens with one attached hydrogen (secondary N) is 1. The SMILES string of the molecule is CC(C)(C)OC(=O)NC1(CCC#N)CCCC1. The van der Waals surface area contributed by atoms with Crippen molar-refractivity contribution in [1.29, 1.82) is 5.26 Å². The largest absolute Gasteiger partial charge is 0.444 e. The molecule has 96 valence electrons. The van der Waals surface area contributed by atoms with Gasteiger partial charge in [0.05, 0.1) is 6.07 Å². The molecule has 0 aromatic carbocycles. The molecule has 0 unspecified atom stereocenters. The van der Waals surface area contributed by atoms with Gasteiger partial charge in [-0.15, -0.1) is 0 Å². The molecule has 0 atom stereocenters. The number of hydrogen-bond acceptors (Lipinski definition) is 3. The molecule has 0 radical (unpaired) electrons. The van der Waals surface area contributed by atoms with Gasteiger partial charge in [-0.3, -0.25) is 0 Å². The lowest BCUT2D eigenvalue weighted by Crippen LogP contribution is -2.48. The van der Waals surface area contributed by atoms with Gasteiger partial charge >= 0.3 is 6.09 Å². The van der Waals surface area contributed by atoms with Gasteiger partial charge in [-0.25, -0.2) is 4.79 Å². The monoisotopic (exact) mass is 238 g/mol. The predicted octanol–water partition coefficient (Wildman–Crippen LogP) is 3.13. The molecule has 4 nitrogen and oxygen atoms in total. The molecule has 1 amide bonds. The number of alkyl carbamates (subject to hydrolysis) is 1. The summed E-state index contributed by atoms with van der Waals surface area (Å²) in [5, 5.41) is 11.6. The molecule has 1 rings (SSSR count). The minimum atomic E-state index is -0.473. The first-order chi connectivity index (χ1) is 7.87. The summed E-state index contributed by atoms with van der Waals surface area (Å²) in [5.41, 5.74) is -0.683. The molecule has 0 bridgehead atoms. The zero-order valence-corrected chi connectivity index (χ0v) is 11.0.